The summed E-state index contributed by atoms with van der Waals surface area (Å²) in [6.45, 7) is 1.87. The van der Waals surface area contributed by atoms with Gasteiger partial charge in [0.1, 0.15) is 0 Å². The number of Topliss-reactive ketones (excluding diaryl/α,β-unsaturated/α-hetero) is 1. The fraction of sp³-hybridized carbons (Fsp3) is 0.300. The lowest BCUT2D eigenvalue weighted by molar-refractivity contribution is 0.102. The zero-order chi connectivity index (χ0) is 21.5. The van der Waals surface area contributed by atoms with Gasteiger partial charge < -0.3 is 4.57 Å². The lowest BCUT2D eigenvalue weighted by Gasteiger charge is -2.21. The molecule has 0 saturated heterocycles. The van der Waals surface area contributed by atoms with Gasteiger partial charge in [-0.3, -0.25) is 14.1 Å². The number of thioether (sulfide) groups is 1. The smallest absolute Gasteiger partial charge is 0.232 e. The molecule has 0 amide bonds. The molecule has 1 aliphatic heterocycles. The van der Waals surface area contributed by atoms with Gasteiger partial charge in [0, 0.05) is 36.6 Å². The van der Waals surface area contributed by atoms with Gasteiger partial charge in [0.05, 0.1) is 17.7 Å². The quantitative estimate of drug-likeness (QED) is 0.426. The minimum Gasteiger partial charge on any atom is -0.305 e. The number of nitrogens with zero attached hydrogens (tertiary/aromatic N) is 5. The third-order valence-electron chi connectivity index (χ3n) is 5.00. The van der Waals surface area contributed by atoms with Gasteiger partial charge in [-0.05, 0) is 49.2 Å². The zero-order valence-electron chi connectivity index (χ0n) is 16.8. The molecule has 30 heavy (non-hydrogen) atoms. The molecule has 1 atom stereocenters. The van der Waals surface area contributed by atoms with Gasteiger partial charge in [-0.2, -0.15) is 0 Å². The molecule has 4 rings (SSSR count). The molecule has 0 spiro atoms. The van der Waals surface area contributed by atoms with Crippen LogP contribution in [0.2, 0.25) is 0 Å². The molecule has 10 heteroatoms. The SMILES string of the molecule is CC1Cc2cc(C(=O)CSc3nnc(-c4cccnc4)n3C)ccc2N1S(C)(=O)=O. The summed E-state index contributed by atoms with van der Waals surface area (Å²) in [5.74, 6) is 0.855. The first-order chi connectivity index (χ1) is 14.3. The number of carbonyl (C=O) groups is 1. The highest BCUT2D eigenvalue weighted by Crippen LogP contribution is 2.35. The Morgan fingerprint density at radius 3 is 2.77 bits per heavy atom. The van der Waals surface area contributed by atoms with Gasteiger partial charge in [-0.1, -0.05) is 11.8 Å². The molecule has 0 radical (unpaired) electrons. The van der Waals surface area contributed by atoms with Crippen molar-refractivity contribution in [2.75, 3.05) is 16.3 Å². The molecule has 0 fully saturated rings. The zero-order valence-corrected chi connectivity index (χ0v) is 18.4. The maximum absolute atomic E-state index is 12.7. The third-order valence-corrected chi connectivity index (χ3v) is 7.29. The summed E-state index contributed by atoms with van der Waals surface area (Å²) in [4.78, 5) is 16.8. The molecule has 2 aromatic heterocycles. The second kappa shape index (κ2) is 7.84. The van der Waals surface area contributed by atoms with Crippen LogP contribution in [-0.4, -0.2) is 52.0 Å². The van der Waals surface area contributed by atoms with Gasteiger partial charge in [0.2, 0.25) is 10.0 Å². The number of hydrogen-bond donors (Lipinski definition) is 0. The average molecular weight is 444 g/mol. The summed E-state index contributed by atoms with van der Waals surface area (Å²) >= 11 is 1.32. The molecule has 0 bridgehead atoms. The van der Waals surface area contributed by atoms with E-state index >= 15 is 0 Å². The second-order valence-electron chi connectivity index (χ2n) is 7.27. The van der Waals surface area contributed by atoms with E-state index in [2.05, 4.69) is 15.2 Å². The molecule has 3 aromatic rings. The summed E-state index contributed by atoms with van der Waals surface area (Å²) in [5.41, 5.74) is 2.96. The van der Waals surface area contributed by atoms with Crippen LogP contribution < -0.4 is 4.31 Å². The van der Waals surface area contributed by atoms with Crippen molar-refractivity contribution < 1.29 is 13.2 Å². The highest BCUT2D eigenvalue weighted by Gasteiger charge is 2.32. The number of benzene rings is 1. The van der Waals surface area contributed by atoms with E-state index in [4.69, 9.17) is 0 Å². The molecule has 1 aromatic carbocycles. The summed E-state index contributed by atoms with van der Waals surface area (Å²) in [5, 5.41) is 9.03. The Kier molecular flexibility index (Phi) is 5.37. The molecule has 0 N–H and O–H groups in total. The van der Waals surface area contributed by atoms with E-state index in [-0.39, 0.29) is 17.6 Å². The summed E-state index contributed by atoms with van der Waals surface area (Å²) in [6, 6.07) is 8.80. The monoisotopic (exact) mass is 443 g/mol. The maximum atomic E-state index is 12.7. The number of pyridine rings is 1. The number of sulfonamides is 1. The van der Waals surface area contributed by atoms with E-state index in [9.17, 15) is 13.2 Å². The van der Waals surface area contributed by atoms with E-state index < -0.39 is 10.0 Å². The lowest BCUT2D eigenvalue weighted by atomic mass is 10.0. The number of anilines is 1. The largest absolute Gasteiger partial charge is 0.305 e. The first-order valence-electron chi connectivity index (χ1n) is 9.34. The Morgan fingerprint density at radius 2 is 2.07 bits per heavy atom. The maximum Gasteiger partial charge on any atom is 0.232 e. The summed E-state index contributed by atoms with van der Waals surface area (Å²) in [6.07, 6.45) is 5.21. The summed E-state index contributed by atoms with van der Waals surface area (Å²) < 4.78 is 27.4. The van der Waals surface area contributed by atoms with Crippen LogP contribution in [-0.2, 0) is 23.5 Å². The molecular weight excluding hydrogens is 422 g/mol. The number of rotatable bonds is 6. The van der Waals surface area contributed by atoms with Gasteiger partial charge in [-0.15, -0.1) is 10.2 Å². The number of carbonyl (C=O) groups excluding carboxylic acids is 1. The standard InChI is InChI=1S/C20H21N5O3S2/c1-13-9-16-10-14(6-7-17(16)25(13)30(3,27)28)18(26)12-29-20-23-22-19(24(20)2)15-5-4-8-21-11-15/h4-8,10-11,13H,9,12H2,1-3H3. The Labute approximate surface area is 179 Å². The molecule has 3 heterocycles. The Hall–Kier alpha value is -2.72. The van der Waals surface area contributed by atoms with E-state index in [1.165, 1.54) is 22.3 Å². The van der Waals surface area contributed by atoms with E-state index in [0.717, 1.165) is 11.1 Å². The van der Waals surface area contributed by atoms with Crippen LogP contribution in [0.25, 0.3) is 11.4 Å². The van der Waals surface area contributed by atoms with Crippen LogP contribution in [0.15, 0.2) is 47.9 Å². The number of ketones is 1. The number of hydrogen-bond acceptors (Lipinski definition) is 7. The third kappa shape index (κ3) is 3.84. The molecule has 0 aliphatic carbocycles. The molecule has 156 valence electrons. The first-order valence-corrected chi connectivity index (χ1v) is 12.2. The predicted octanol–water partition coefficient (Wildman–Crippen LogP) is 2.56. The topological polar surface area (TPSA) is 98.1 Å². The highest BCUT2D eigenvalue weighted by atomic mass is 32.2. The number of fused-ring (bicyclic) bond motifs is 1. The van der Waals surface area contributed by atoms with Crippen LogP contribution in [0.5, 0.6) is 0 Å². The Balaban J connectivity index is 1.49. The average Bonchev–Trinajstić information content (AvgIpc) is 3.24. The van der Waals surface area contributed by atoms with Gasteiger partial charge in [0.25, 0.3) is 0 Å². The molecule has 0 saturated carbocycles. The minimum atomic E-state index is -3.35. The second-order valence-corrected chi connectivity index (χ2v) is 10.1. The van der Waals surface area contributed by atoms with Crippen LogP contribution in [0.3, 0.4) is 0 Å². The normalized spacial score (nSPS) is 16.0. The van der Waals surface area contributed by atoms with Crippen LogP contribution >= 0.6 is 11.8 Å². The molecule has 1 aliphatic rings. The van der Waals surface area contributed by atoms with E-state index in [1.54, 1.807) is 30.6 Å². The van der Waals surface area contributed by atoms with E-state index in [0.29, 0.717) is 28.7 Å². The molecular formula is C20H21N5O3S2. The van der Waals surface area contributed by atoms with Crippen molar-refractivity contribution in [3.8, 4) is 11.4 Å². The highest BCUT2D eigenvalue weighted by molar-refractivity contribution is 7.99. The predicted molar refractivity (Wildman–Crippen MR) is 116 cm³/mol. The van der Waals surface area contributed by atoms with Crippen molar-refractivity contribution in [3.63, 3.8) is 0 Å². The fourth-order valence-electron chi connectivity index (χ4n) is 3.68. The molecule has 8 nitrogen and oxygen atoms in total. The van der Waals surface area contributed by atoms with E-state index in [1.807, 2.05) is 30.7 Å². The van der Waals surface area contributed by atoms with Crippen LogP contribution in [0, 0.1) is 0 Å². The Bertz CT molecular complexity index is 1210. The van der Waals surface area contributed by atoms with Crippen molar-refractivity contribution in [2.45, 2.75) is 24.5 Å². The lowest BCUT2D eigenvalue weighted by Crippen LogP contribution is -2.34. The van der Waals surface area contributed by atoms with Gasteiger partial charge in [-0.25, -0.2) is 8.42 Å². The van der Waals surface area contributed by atoms with Gasteiger partial charge >= 0.3 is 0 Å². The van der Waals surface area contributed by atoms with Crippen LogP contribution in [0.4, 0.5) is 5.69 Å². The van der Waals surface area contributed by atoms with Crippen molar-refractivity contribution in [3.05, 3.63) is 53.9 Å². The van der Waals surface area contributed by atoms with Crippen molar-refractivity contribution in [2.24, 2.45) is 7.05 Å². The van der Waals surface area contributed by atoms with Crippen molar-refractivity contribution >= 4 is 33.3 Å². The number of aromatic nitrogens is 4. The minimum absolute atomic E-state index is 0.0424. The fourth-order valence-corrected chi connectivity index (χ4v) is 5.75. The first kappa shape index (κ1) is 20.5. The Morgan fingerprint density at radius 1 is 1.27 bits per heavy atom. The van der Waals surface area contributed by atoms with Crippen molar-refractivity contribution in [1.29, 1.82) is 0 Å². The van der Waals surface area contributed by atoms with Gasteiger partial charge in [0.15, 0.2) is 16.8 Å². The molecule has 1 unspecified atom stereocenters. The summed E-state index contributed by atoms with van der Waals surface area (Å²) in [7, 11) is -1.50. The van der Waals surface area contributed by atoms with Crippen LogP contribution in [0.1, 0.15) is 22.8 Å². The van der Waals surface area contributed by atoms with Crippen molar-refractivity contribution in [1.82, 2.24) is 19.7 Å².